The molecular formula is C26H23N3O3S. The molecule has 0 atom stereocenters. The average molecular weight is 458 g/mol. The van der Waals surface area contributed by atoms with E-state index in [4.69, 9.17) is 4.74 Å². The normalized spacial score (nSPS) is 10.5. The van der Waals surface area contributed by atoms with Crippen molar-refractivity contribution in [2.75, 3.05) is 12.4 Å². The van der Waals surface area contributed by atoms with Crippen LogP contribution in [0.15, 0.2) is 78.2 Å². The number of ether oxygens (including phenoxy) is 1. The van der Waals surface area contributed by atoms with E-state index in [1.807, 2.05) is 67.6 Å². The summed E-state index contributed by atoms with van der Waals surface area (Å²) in [7, 11) is 1.61. The summed E-state index contributed by atoms with van der Waals surface area (Å²) in [5.41, 5.74) is 4.42. The van der Waals surface area contributed by atoms with Gasteiger partial charge in [0.1, 0.15) is 16.5 Å². The maximum atomic E-state index is 12.6. The van der Waals surface area contributed by atoms with Crippen LogP contribution in [0.1, 0.15) is 32.0 Å². The number of para-hydroxylation sites is 1. The van der Waals surface area contributed by atoms with E-state index >= 15 is 0 Å². The molecule has 4 aromatic rings. The highest BCUT2D eigenvalue weighted by Gasteiger charge is 2.14. The first-order chi connectivity index (χ1) is 16.0. The van der Waals surface area contributed by atoms with Crippen LogP contribution in [0.2, 0.25) is 0 Å². The first kappa shape index (κ1) is 22.2. The Labute approximate surface area is 196 Å². The van der Waals surface area contributed by atoms with Crippen molar-refractivity contribution in [2.24, 2.45) is 0 Å². The molecule has 2 N–H and O–H groups in total. The summed E-state index contributed by atoms with van der Waals surface area (Å²) in [6.07, 6.45) is 0. The van der Waals surface area contributed by atoms with Crippen LogP contribution in [-0.4, -0.2) is 23.9 Å². The molecule has 4 rings (SSSR count). The highest BCUT2D eigenvalue weighted by molar-refractivity contribution is 7.13. The van der Waals surface area contributed by atoms with Crippen molar-refractivity contribution in [3.8, 4) is 16.3 Å². The quantitative estimate of drug-likeness (QED) is 0.394. The zero-order valence-electron chi connectivity index (χ0n) is 18.3. The summed E-state index contributed by atoms with van der Waals surface area (Å²) in [5, 5.41) is 8.24. The summed E-state index contributed by atoms with van der Waals surface area (Å²) in [6, 6.07) is 22.4. The van der Waals surface area contributed by atoms with Gasteiger partial charge in [-0.25, -0.2) is 4.98 Å². The van der Waals surface area contributed by atoms with E-state index < -0.39 is 0 Å². The van der Waals surface area contributed by atoms with Crippen LogP contribution in [0.3, 0.4) is 0 Å². The van der Waals surface area contributed by atoms with Crippen molar-refractivity contribution in [1.29, 1.82) is 0 Å². The van der Waals surface area contributed by atoms with Crippen LogP contribution in [0.4, 0.5) is 5.69 Å². The van der Waals surface area contributed by atoms with Gasteiger partial charge >= 0.3 is 0 Å². The van der Waals surface area contributed by atoms with Crippen molar-refractivity contribution in [3.05, 3.63) is 101 Å². The van der Waals surface area contributed by atoms with Crippen LogP contribution >= 0.6 is 11.3 Å². The number of rotatable bonds is 7. The van der Waals surface area contributed by atoms with Gasteiger partial charge in [0.15, 0.2) is 0 Å². The van der Waals surface area contributed by atoms with E-state index in [1.165, 1.54) is 11.3 Å². The molecule has 0 saturated carbocycles. The minimum absolute atomic E-state index is 0.178. The summed E-state index contributed by atoms with van der Waals surface area (Å²) < 4.78 is 5.38. The number of nitrogens with one attached hydrogen (secondary N) is 2. The van der Waals surface area contributed by atoms with Gasteiger partial charge in [0.25, 0.3) is 11.8 Å². The number of hydrogen-bond donors (Lipinski definition) is 2. The number of carbonyl (C=O) groups excluding carboxylic acids is 2. The lowest BCUT2D eigenvalue weighted by Gasteiger charge is -2.09. The second-order valence-electron chi connectivity index (χ2n) is 7.44. The Morgan fingerprint density at radius 2 is 1.76 bits per heavy atom. The van der Waals surface area contributed by atoms with E-state index in [0.29, 0.717) is 29.2 Å². The number of carbonyl (C=O) groups is 2. The minimum atomic E-state index is -0.263. The van der Waals surface area contributed by atoms with E-state index in [0.717, 1.165) is 21.7 Å². The van der Waals surface area contributed by atoms with Gasteiger partial charge in [-0.05, 0) is 48.9 Å². The molecule has 0 spiro atoms. The number of benzene rings is 3. The van der Waals surface area contributed by atoms with Crippen LogP contribution in [0, 0.1) is 6.92 Å². The second-order valence-corrected chi connectivity index (χ2v) is 8.30. The Morgan fingerprint density at radius 1 is 0.970 bits per heavy atom. The third-order valence-corrected chi connectivity index (χ3v) is 5.90. The number of anilines is 1. The first-order valence-corrected chi connectivity index (χ1v) is 11.3. The van der Waals surface area contributed by atoms with Crippen LogP contribution in [0.25, 0.3) is 10.6 Å². The molecule has 33 heavy (non-hydrogen) atoms. The SMILES string of the molecule is COc1ccccc1-c1nc(C(=O)NCc2cccc(NC(=O)c3ccc(C)cc3)c2)cs1. The van der Waals surface area contributed by atoms with Crippen LogP contribution in [0.5, 0.6) is 5.75 Å². The van der Waals surface area contributed by atoms with Gasteiger partial charge in [-0.2, -0.15) is 0 Å². The van der Waals surface area contributed by atoms with Crippen molar-refractivity contribution in [2.45, 2.75) is 13.5 Å². The average Bonchev–Trinajstić information content (AvgIpc) is 3.33. The number of hydrogen-bond acceptors (Lipinski definition) is 5. The van der Waals surface area contributed by atoms with Gasteiger partial charge in [-0.15, -0.1) is 11.3 Å². The second kappa shape index (κ2) is 10.1. The van der Waals surface area contributed by atoms with Gasteiger partial charge in [0.05, 0.1) is 12.7 Å². The van der Waals surface area contributed by atoms with Gasteiger partial charge < -0.3 is 15.4 Å². The van der Waals surface area contributed by atoms with Crippen molar-refractivity contribution in [1.82, 2.24) is 10.3 Å². The topological polar surface area (TPSA) is 80.3 Å². The molecule has 3 aromatic carbocycles. The van der Waals surface area contributed by atoms with Gasteiger partial charge in [0, 0.05) is 23.2 Å². The Hall–Kier alpha value is -3.97. The first-order valence-electron chi connectivity index (χ1n) is 10.4. The number of aromatic nitrogens is 1. The number of amides is 2. The lowest BCUT2D eigenvalue weighted by Crippen LogP contribution is -2.23. The molecule has 6 nitrogen and oxygen atoms in total. The third-order valence-electron chi connectivity index (χ3n) is 5.03. The Kier molecular flexibility index (Phi) is 6.80. The van der Waals surface area contributed by atoms with E-state index in [9.17, 15) is 9.59 Å². The van der Waals surface area contributed by atoms with Gasteiger partial charge in [-0.3, -0.25) is 9.59 Å². The molecule has 0 bridgehead atoms. The monoisotopic (exact) mass is 457 g/mol. The Balaban J connectivity index is 1.38. The van der Waals surface area contributed by atoms with Crippen molar-refractivity contribution in [3.63, 3.8) is 0 Å². The molecule has 0 saturated heterocycles. The molecule has 0 aliphatic rings. The van der Waals surface area contributed by atoms with E-state index in [1.54, 1.807) is 24.6 Å². The summed E-state index contributed by atoms with van der Waals surface area (Å²) in [6.45, 7) is 2.29. The highest BCUT2D eigenvalue weighted by Crippen LogP contribution is 2.31. The molecule has 0 unspecified atom stereocenters. The maximum Gasteiger partial charge on any atom is 0.271 e. The van der Waals surface area contributed by atoms with Gasteiger partial charge in [0.2, 0.25) is 0 Å². The predicted octanol–water partition coefficient (Wildman–Crippen LogP) is 5.31. The maximum absolute atomic E-state index is 12.6. The fraction of sp³-hybridized carbons (Fsp3) is 0.115. The van der Waals surface area contributed by atoms with Crippen molar-refractivity contribution >= 4 is 28.8 Å². The lowest BCUT2D eigenvalue weighted by molar-refractivity contribution is 0.0945. The summed E-state index contributed by atoms with van der Waals surface area (Å²) >= 11 is 1.39. The fourth-order valence-corrected chi connectivity index (χ4v) is 4.09. The Bertz CT molecular complexity index is 1280. The molecule has 2 amide bonds. The predicted molar refractivity (Wildman–Crippen MR) is 131 cm³/mol. The number of nitrogens with zero attached hydrogens (tertiary/aromatic N) is 1. The molecule has 0 aliphatic heterocycles. The van der Waals surface area contributed by atoms with Gasteiger partial charge in [-0.1, -0.05) is 42.0 Å². The number of methoxy groups -OCH3 is 1. The fourth-order valence-electron chi connectivity index (χ4n) is 3.26. The van der Waals surface area contributed by atoms with Crippen LogP contribution < -0.4 is 15.4 Å². The highest BCUT2D eigenvalue weighted by atomic mass is 32.1. The Morgan fingerprint density at radius 3 is 2.55 bits per heavy atom. The largest absolute Gasteiger partial charge is 0.496 e. The zero-order valence-corrected chi connectivity index (χ0v) is 19.1. The number of thiazole rings is 1. The molecule has 1 aromatic heterocycles. The lowest BCUT2D eigenvalue weighted by atomic mass is 10.1. The smallest absolute Gasteiger partial charge is 0.271 e. The molecule has 0 aliphatic carbocycles. The zero-order chi connectivity index (χ0) is 23.2. The third kappa shape index (κ3) is 5.45. The minimum Gasteiger partial charge on any atom is -0.496 e. The molecule has 166 valence electrons. The van der Waals surface area contributed by atoms with Crippen molar-refractivity contribution < 1.29 is 14.3 Å². The summed E-state index contributed by atoms with van der Waals surface area (Å²) in [4.78, 5) is 29.5. The van der Waals surface area contributed by atoms with E-state index in [2.05, 4.69) is 15.6 Å². The molecule has 0 fully saturated rings. The number of aryl methyl sites for hydroxylation is 1. The molecule has 0 radical (unpaired) electrons. The molecular weight excluding hydrogens is 434 g/mol. The standard InChI is InChI=1S/C26H23N3O3S/c1-17-10-12-19(13-11-17)24(30)28-20-7-5-6-18(14-20)15-27-25(31)22-16-33-26(29-22)21-8-3-4-9-23(21)32-2/h3-14,16H,15H2,1-2H3,(H,27,31)(H,28,30). The molecule has 7 heteroatoms. The van der Waals surface area contributed by atoms with E-state index in [-0.39, 0.29) is 11.8 Å². The summed E-state index contributed by atoms with van der Waals surface area (Å²) in [5.74, 6) is 0.271. The van der Waals surface area contributed by atoms with Crippen LogP contribution in [-0.2, 0) is 6.54 Å². The molecule has 1 heterocycles.